The van der Waals surface area contributed by atoms with Crippen molar-refractivity contribution in [2.45, 2.75) is 44.0 Å². The molecule has 4 rings (SSSR count). The number of rotatable bonds is 7. The lowest BCUT2D eigenvalue weighted by atomic mass is 9.98. The van der Waals surface area contributed by atoms with Gasteiger partial charge in [0.15, 0.2) is 0 Å². The highest BCUT2D eigenvalue weighted by atomic mass is 32.2. The molecule has 3 aromatic rings. The van der Waals surface area contributed by atoms with Gasteiger partial charge in [-0.3, -0.25) is 15.0 Å². The lowest BCUT2D eigenvalue weighted by Gasteiger charge is -2.32. The van der Waals surface area contributed by atoms with E-state index >= 15 is 0 Å². The zero-order valence-corrected chi connectivity index (χ0v) is 18.3. The number of nitrogens with zero attached hydrogens (tertiary/aromatic N) is 3. The summed E-state index contributed by atoms with van der Waals surface area (Å²) in [6.45, 7) is 7.40. The molecule has 160 valence electrons. The Morgan fingerprint density at radius 1 is 1.27 bits per heavy atom. The Hall–Kier alpha value is -2.29. The molecule has 1 aliphatic heterocycles. The largest absolute Gasteiger partial charge is 0.297 e. The van der Waals surface area contributed by atoms with E-state index in [4.69, 9.17) is 0 Å². The number of para-hydroxylation sites is 1. The summed E-state index contributed by atoms with van der Waals surface area (Å²) < 4.78 is 28.7. The first kappa shape index (κ1) is 21.0. The number of H-pyrrole nitrogens is 1. The zero-order chi connectivity index (χ0) is 21.1. The van der Waals surface area contributed by atoms with Crippen molar-refractivity contribution in [3.8, 4) is 0 Å². The summed E-state index contributed by atoms with van der Waals surface area (Å²) in [7, 11) is -3.62. The minimum atomic E-state index is -3.62. The van der Waals surface area contributed by atoms with Gasteiger partial charge in [0, 0.05) is 36.9 Å². The fourth-order valence-corrected chi connectivity index (χ4v) is 5.35. The number of pyridine rings is 1. The molecule has 0 aliphatic carbocycles. The highest BCUT2D eigenvalue weighted by Gasteiger charge is 2.24. The first-order valence-corrected chi connectivity index (χ1v) is 12.0. The highest BCUT2D eigenvalue weighted by molar-refractivity contribution is 7.89. The van der Waals surface area contributed by atoms with Crippen LogP contribution in [0, 0.1) is 5.92 Å². The van der Waals surface area contributed by atoms with Crippen molar-refractivity contribution in [1.82, 2.24) is 24.8 Å². The molecule has 0 bridgehead atoms. The van der Waals surface area contributed by atoms with Gasteiger partial charge in [0.05, 0.1) is 11.2 Å². The quantitative estimate of drug-likeness (QED) is 0.604. The molecule has 1 aromatic carbocycles. The molecule has 0 spiro atoms. The van der Waals surface area contributed by atoms with Gasteiger partial charge >= 0.3 is 0 Å². The number of nitrogens with one attached hydrogen (secondary N) is 2. The van der Waals surface area contributed by atoms with E-state index in [1.165, 1.54) is 0 Å². The third-order valence-corrected chi connectivity index (χ3v) is 7.14. The van der Waals surface area contributed by atoms with Gasteiger partial charge in [-0.05, 0) is 49.4 Å². The molecule has 8 heteroatoms. The van der Waals surface area contributed by atoms with E-state index in [0.717, 1.165) is 49.2 Å². The van der Waals surface area contributed by atoms with Crippen molar-refractivity contribution < 1.29 is 8.42 Å². The van der Waals surface area contributed by atoms with Gasteiger partial charge in [-0.2, -0.15) is 5.10 Å². The molecule has 7 nitrogen and oxygen atoms in total. The predicted molar refractivity (Wildman–Crippen MR) is 118 cm³/mol. The average Bonchev–Trinajstić information content (AvgIpc) is 3.21. The van der Waals surface area contributed by atoms with Gasteiger partial charge in [0.2, 0.25) is 10.0 Å². The van der Waals surface area contributed by atoms with Crippen molar-refractivity contribution in [3.63, 3.8) is 0 Å². The number of sulfonamides is 1. The molecule has 0 amide bonds. The smallest absolute Gasteiger partial charge is 0.242 e. The molecule has 0 saturated carbocycles. The number of hydrogen-bond donors (Lipinski definition) is 2. The van der Waals surface area contributed by atoms with Crippen molar-refractivity contribution in [3.05, 3.63) is 54.0 Å². The van der Waals surface area contributed by atoms with E-state index in [0.29, 0.717) is 18.0 Å². The first-order valence-electron chi connectivity index (χ1n) is 10.5. The number of fused-ring (bicyclic) bond motifs is 1. The topological polar surface area (TPSA) is 91.0 Å². The Balaban J connectivity index is 1.39. The second-order valence-corrected chi connectivity index (χ2v) is 10.1. The Morgan fingerprint density at radius 2 is 2.10 bits per heavy atom. The zero-order valence-electron chi connectivity index (χ0n) is 17.5. The molecule has 2 aromatic heterocycles. The fourth-order valence-electron chi connectivity index (χ4n) is 4.06. The summed E-state index contributed by atoms with van der Waals surface area (Å²) in [4.78, 5) is 6.90. The third-order valence-electron chi connectivity index (χ3n) is 5.69. The van der Waals surface area contributed by atoms with Crippen LogP contribution in [0.2, 0.25) is 0 Å². The number of benzene rings is 1. The van der Waals surface area contributed by atoms with Crippen LogP contribution in [-0.4, -0.2) is 48.1 Å². The minimum absolute atomic E-state index is 0.243. The number of piperidine rings is 1. The monoisotopic (exact) mass is 427 g/mol. The second kappa shape index (κ2) is 8.83. The molecule has 30 heavy (non-hydrogen) atoms. The van der Waals surface area contributed by atoms with E-state index in [1.54, 1.807) is 18.3 Å². The number of aromatic nitrogens is 3. The van der Waals surface area contributed by atoms with E-state index < -0.39 is 10.0 Å². The standard InChI is InChI=1S/C22H29N5O2S/c1-16(2)20-12-19(25-26-20)15-27-11-5-6-17(14-27)13-24-30(28,29)21-9-3-7-18-8-4-10-23-22(18)21/h3-4,7-10,12,16-17,24H,5-6,11,13-15H2,1-2H3,(H,25,26). The lowest BCUT2D eigenvalue weighted by Crippen LogP contribution is -2.40. The summed E-state index contributed by atoms with van der Waals surface area (Å²) in [5.74, 6) is 0.686. The molecular weight excluding hydrogens is 398 g/mol. The maximum absolute atomic E-state index is 12.9. The first-order chi connectivity index (χ1) is 14.4. The van der Waals surface area contributed by atoms with Gasteiger partial charge in [0.1, 0.15) is 4.90 Å². The molecule has 1 aliphatic rings. The lowest BCUT2D eigenvalue weighted by molar-refractivity contribution is 0.167. The molecule has 2 N–H and O–H groups in total. The van der Waals surface area contributed by atoms with E-state index in [2.05, 4.69) is 44.7 Å². The van der Waals surface area contributed by atoms with Crippen molar-refractivity contribution in [2.24, 2.45) is 5.92 Å². The van der Waals surface area contributed by atoms with Crippen LogP contribution in [0.1, 0.15) is 44.0 Å². The molecular formula is C22H29N5O2S. The van der Waals surface area contributed by atoms with Crippen LogP contribution in [0.4, 0.5) is 0 Å². The van der Waals surface area contributed by atoms with Crippen molar-refractivity contribution in [1.29, 1.82) is 0 Å². The van der Waals surface area contributed by atoms with Crippen LogP contribution in [0.25, 0.3) is 10.9 Å². The van der Waals surface area contributed by atoms with Crippen molar-refractivity contribution >= 4 is 20.9 Å². The van der Waals surface area contributed by atoms with Gasteiger partial charge < -0.3 is 0 Å². The van der Waals surface area contributed by atoms with Crippen LogP contribution >= 0.6 is 0 Å². The fraction of sp³-hybridized carbons (Fsp3) is 0.455. The van der Waals surface area contributed by atoms with Crippen molar-refractivity contribution in [2.75, 3.05) is 19.6 Å². The van der Waals surface area contributed by atoms with E-state index in [1.807, 2.05) is 18.2 Å². The van der Waals surface area contributed by atoms with Crippen LogP contribution in [0.3, 0.4) is 0 Å². The van der Waals surface area contributed by atoms with E-state index in [-0.39, 0.29) is 10.8 Å². The molecule has 1 unspecified atom stereocenters. The van der Waals surface area contributed by atoms with Gasteiger partial charge in [0.25, 0.3) is 0 Å². The third kappa shape index (κ3) is 4.71. The molecule has 1 saturated heterocycles. The Kier molecular flexibility index (Phi) is 6.17. The van der Waals surface area contributed by atoms with Crippen LogP contribution in [0.15, 0.2) is 47.5 Å². The molecule has 1 atom stereocenters. The Morgan fingerprint density at radius 3 is 2.90 bits per heavy atom. The highest BCUT2D eigenvalue weighted by Crippen LogP contribution is 2.22. The molecule has 3 heterocycles. The predicted octanol–water partition coefficient (Wildman–Crippen LogP) is 3.27. The minimum Gasteiger partial charge on any atom is -0.297 e. The number of likely N-dealkylation sites (tertiary alicyclic amines) is 1. The van der Waals surface area contributed by atoms with E-state index in [9.17, 15) is 8.42 Å². The Labute approximate surface area is 178 Å². The molecule has 1 fully saturated rings. The summed E-state index contributed by atoms with van der Waals surface area (Å²) in [6, 6.07) is 11.1. The van der Waals surface area contributed by atoms with Crippen LogP contribution < -0.4 is 4.72 Å². The van der Waals surface area contributed by atoms with Crippen LogP contribution in [0.5, 0.6) is 0 Å². The molecule has 0 radical (unpaired) electrons. The van der Waals surface area contributed by atoms with Gasteiger partial charge in [-0.15, -0.1) is 0 Å². The average molecular weight is 428 g/mol. The maximum atomic E-state index is 12.9. The maximum Gasteiger partial charge on any atom is 0.242 e. The summed E-state index contributed by atoms with van der Waals surface area (Å²) in [5.41, 5.74) is 2.70. The summed E-state index contributed by atoms with van der Waals surface area (Å²) in [6.07, 6.45) is 3.71. The van der Waals surface area contributed by atoms with Crippen LogP contribution in [-0.2, 0) is 16.6 Å². The summed E-state index contributed by atoms with van der Waals surface area (Å²) >= 11 is 0. The number of hydrogen-bond acceptors (Lipinski definition) is 5. The normalized spacial score (nSPS) is 18.3. The number of aromatic amines is 1. The SMILES string of the molecule is CC(C)c1cc(CN2CCCC(CNS(=O)(=O)c3cccc4cccnc34)C2)[nH]n1. The summed E-state index contributed by atoms with van der Waals surface area (Å²) in [5, 5.41) is 8.34. The van der Waals surface area contributed by atoms with Gasteiger partial charge in [-0.1, -0.05) is 32.0 Å². The second-order valence-electron chi connectivity index (χ2n) is 8.40. The Bertz CT molecular complexity index is 1100. The van der Waals surface area contributed by atoms with Gasteiger partial charge in [-0.25, -0.2) is 13.1 Å².